The van der Waals surface area contributed by atoms with Crippen molar-refractivity contribution in [2.75, 3.05) is 31.1 Å². The zero-order valence-corrected chi connectivity index (χ0v) is 19.8. The van der Waals surface area contributed by atoms with Crippen molar-refractivity contribution in [3.8, 4) is 0 Å². The van der Waals surface area contributed by atoms with Gasteiger partial charge in [-0.3, -0.25) is 4.99 Å². The minimum Gasteiger partial charge on any atom is -0.357 e. The van der Waals surface area contributed by atoms with Gasteiger partial charge in [0.1, 0.15) is 5.82 Å². The van der Waals surface area contributed by atoms with Gasteiger partial charge in [-0.2, -0.15) is 13.2 Å². The zero-order chi connectivity index (χ0) is 20.7. The molecule has 1 fully saturated rings. The standard InChI is InChI=1S/C19H25F3N6S.HI/c1-2-23-18(25-10-6-17-27-15(13-29-17)19(20,21)22)26-14-7-11-28(12-8-14)16-5-3-4-9-24-16;/h3-5,9,13-14H,2,6-8,10-12H2,1H3,(H2,23,25,26);1H. The Labute approximate surface area is 195 Å². The Morgan fingerprint density at radius 1 is 1.30 bits per heavy atom. The molecule has 3 heterocycles. The van der Waals surface area contributed by atoms with Crippen LogP contribution in [0.5, 0.6) is 0 Å². The van der Waals surface area contributed by atoms with Crippen molar-refractivity contribution in [1.82, 2.24) is 20.6 Å². The molecule has 2 aromatic heterocycles. The molecule has 0 bridgehead atoms. The molecule has 0 aromatic carbocycles. The Morgan fingerprint density at radius 3 is 2.67 bits per heavy atom. The summed E-state index contributed by atoms with van der Waals surface area (Å²) < 4.78 is 37.9. The highest BCUT2D eigenvalue weighted by Crippen LogP contribution is 2.30. The van der Waals surface area contributed by atoms with Crippen LogP contribution in [-0.4, -0.2) is 48.1 Å². The van der Waals surface area contributed by atoms with Crippen molar-refractivity contribution in [3.63, 3.8) is 0 Å². The van der Waals surface area contributed by atoms with Crippen LogP contribution < -0.4 is 15.5 Å². The van der Waals surface area contributed by atoms with Crippen LogP contribution in [0.25, 0.3) is 0 Å². The van der Waals surface area contributed by atoms with Gasteiger partial charge < -0.3 is 15.5 Å². The summed E-state index contributed by atoms with van der Waals surface area (Å²) in [7, 11) is 0. The maximum atomic E-state index is 12.6. The number of rotatable bonds is 6. The van der Waals surface area contributed by atoms with Gasteiger partial charge in [-0.15, -0.1) is 35.3 Å². The van der Waals surface area contributed by atoms with Crippen molar-refractivity contribution < 1.29 is 13.2 Å². The summed E-state index contributed by atoms with van der Waals surface area (Å²) in [6.45, 7) is 4.90. The van der Waals surface area contributed by atoms with Gasteiger partial charge in [0.25, 0.3) is 0 Å². The van der Waals surface area contributed by atoms with E-state index < -0.39 is 11.9 Å². The van der Waals surface area contributed by atoms with E-state index in [2.05, 4.69) is 30.5 Å². The molecule has 11 heteroatoms. The SMILES string of the molecule is CCNC(=NCCc1nc(C(F)(F)F)cs1)NC1CCN(c2ccccn2)CC1.I. The van der Waals surface area contributed by atoms with Crippen LogP contribution in [0.15, 0.2) is 34.8 Å². The van der Waals surface area contributed by atoms with Gasteiger partial charge >= 0.3 is 6.18 Å². The van der Waals surface area contributed by atoms with Gasteiger partial charge in [0.2, 0.25) is 0 Å². The fourth-order valence-corrected chi connectivity index (χ4v) is 3.92. The highest BCUT2D eigenvalue weighted by molar-refractivity contribution is 14.0. The number of pyridine rings is 1. The van der Waals surface area contributed by atoms with E-state index in [9.17, 15) is 13.2 Å². The third kappa shape index (κ3) is 7.25. The second-order valence-corrected chi connectivity index (χ2v) is 7.67. The predicted molar refractivity (Wildman–Crippen MR) is 125 cm³/mol. The Balaban J connectivity index is 0.00000320. The second kappa shape index (κ2) is 11.7. The van der Waals surface area contributed by atoms with E-state index in [0.717, 1.165) is 48.5 Å². The first-order valence-corrected chi connectivity index (χ1v) is 10.6. The summed E-state index contributed by atoms with van der Waals surface area (Å²) in [6, 6.07) is 6.21. The van der Waals surface area contributed by atoms with E-state index in [1.54, 1.807) is 6.20 Å². The zero-order valence-electron chi connectivity index (χ0n) is 16.7. The molecule has 1 saturated heterocycles. The van der Waals surface area contributed by atoms with Gasteiger partial charge in [-0.05, 0) is 31.9 Å². The van der Waals surface area contributed by atoms with Crippen LogP contribution >= 0.6 is 35.3 Å². The number of nitrogens with one attached hydrogen (secondary N) is 2. The average Bonchev–Trinajstić information content (AvgIpc) is 3.19. The lowest BCUT2D eigenvalue weighted by molar-refractivity contribution is -0.140. The molecule has 0 atom stereocenters. The van der Waals surface area contributed by atoms with Crippen LogP contribution in [0.4, 0.5) is 19.0 Å². The first-order chi connectivity index (χ1) is 14.0. The highest BCUT2D eigenvalue weighted by Gasteiger charge is 2.33. The first-order valence-electron chi connectivity index (χ1n) is 9.68. The number of halogens is 4. The van der Waals surface area contributed by atoms with Crippen LogP contribution in [0.1, 0.15) is 30.5 Å². The van der Waals surface area contributed by atoms with Crippen LogP contribution in [0.3, 0.4) is 0 Å². The third-order valence-electron chi connectivity index (χ3n) is 4.59. The van der Waals surface area contributed by atoms with Crippen molar-refractivity contribution in [1.29, 1.82) is 0 Å². The number of nitrogens with zero attached hydrogens (tertiary/aromatic N) is 4. The molecule has 1 aliphatic rings. The number of anilines is 1. The van der Waals surface area contributed by atoms with Crippen LogP contribution in [0, 0.1) is 0 Å². The highest BCUT2D eigenvalue weighted by atomic mass is 127. The molecule has 0 unspecified atom stereocenters. The predicted octanol–water partition coefficient (Wildman–Crippen LogP) is 3.94. The smallest absolute Gasteiger partial charge is 0.357 e. The summed E-state index contributed by atoms with van der Waals surface area (Å²) in [5.41, 5.74) is -0.828. The molecule has 0 spiro atoms. The Bertz CT molecular complexity index is 791. The summed E-state index contributed by atoms with van der Waals surface area (Å²) in [6.07, 6.45) is -0.283. The van der Waals surface area contributed by atoms with Crippen molar-refractivity contribution in [2.24, 2.45) is 4.99 Å². The van der Waals surface area contributed by atoms with E-state index in [0.29, 0.717) is 36.5 Å². The Hall–Kier alpha value is -1.63. The third-order valence-corrected chi connectivity index (χ3v) is 5.50. The molecule has 2 N–H and O–H groups in total. The molecule has 3 rings (SSSR count). The van der Waals surface area contributed by atoms with Crippen LogP contribution in [0.2, 0.25) is 0 Å². The molecule has 1 aliphatic heterocycles. The van der Waals surface area contributed by atoms with E-state index in [1.165, 1.54) is 0 Å². The number of thiazole rings is 1. The van der Waals surface area contributed by atoms with E-state index in [-0.39, 0.29) is 24.0 Å². The largest absolute Gasteiger partial charge is 0.434 e. The van der Waals surface area contributed by atoms with E-state index in [4.69, 9.17) is 0 Å². The Morgan fingerprint density at radius 2 is 2.07 bits per heavy atom. The normalized spacial score (nSPS) is 15.6. The maximum Gasteiger partial charge on any atom is 0.434 e. The second-order valence-electron chi connectivity index (χ2n) is 6.73. The molecule has 30 heavy (non-hydrogen) atoms. The fraction of sp³-hybridized carbons (Fsp3) is 0.526. The number of alkyl halides is 3. The summed E-state index contributed by atoms with van der Waals surface area (Å²) >= 11 is 1.02. The minimum absolute atomic E-state index is 0. The lowest BCUT2D eigenvalue weighted by Gasteiger charge is -2.33. The maximum absolute atomic E-state index is 12.6. The van der Waals surface area contributed by atoms with Crippen molar-refractivity contribution in [2.45, 2.75) is 38.4 Å². The molecule has 6 nitrogen and oxygen atoms in total. The fourth-order valence-electron chi connectivity index (χ4n) is 3.13. The van der Waals surface area contributed by atoms with Gasteiger partial charge in [0.15, 0.2) is 11.7 Å². The monoisotopic (exact) mass is 554 g/mol. The molecule has 2 aromatic rings. The topological polar surface area (TPSA) is 65.4 Å². The number of aliphatic imine (C=N–C) groups is 1. The van der Waals surface area contributed by atoms with Gasteiger partial charge in [0, 0.05) is 50.2 Å². The lowest BCUT2D eigenvalue weighted by atomic mass is 10.1. The molecular weight excluding hydrogens is 528 g/mol. The van der Waals surface area contributed by atoms with Gasteiger partial charge in [-0.1, -0.05) is 6.07 Å². The minimum atomic E-state index is -4.39. The van der Waals surface area contributed by atoms with Crippen molar-refractivity contribution in [3.05, 3.63) is 40.5 Å². The lowest BCUT2D eigenvalue weighted by Crippen LogP contribution is -2.49. The quantitative estimate of drug-likeness (QED) is 0.322. The van der Waals surface area contributed by atoms with Gasteiger partial charge in [-0.25, -0.2) is 9.97 Å². The summed E-state index contributed by atoms with van der Waals surface area (Å²) in [5, 5.41) is 8.14. The molecule has 0 aliphatic carbocycles. The molecule has 166 valence electrons. The first kappa shape index (κ1) is 24.6. The number of guanidine groups is 1. The van der Waals surface area contributed by atoms with Gasteiger partial charge in [0.05, 0.1) is 5.01 Å². The average molecular weight is 554 g/mol. The van der Waals surface area contributed by atoms with Crippen LogP contribution in [-0.2, 0) is 12.6 Å². The number of piperidine rings is 1. The number of hydrogen-bond acceptors (Lipinski definition) is 5. The van der Waals surface area contributed by atoms with Crippen molar-refractivity contribution >= 4 is 47.1 Å². The van der Waals surface area contributed by atoms with E-state index in [1.807, 2.05) is 25.1 Å². The summed E-state index contributed by atoms with van der Waals surface area (Å²) in [4.78, 5) is 14.8. The number of hydrogen-bond donors (Lipinski definition) is 2. The molecule has 0 radical (unpaired) electrons. The molecular formula is C19H26F3IN6S. The summed E-state index contributed by atoms with van der Waals surface area (Å²) in [5.74, 6) is 1.68. The molecule has 0 saturated carbocycles. The molecule has 0 amide bonds. The Kier molecular flexibility index (Phi) is 9.59. The number of aromatic nitrogens is 2. The van der Waals surface area contributed by atoms with E-state index >= 15 is 0 Å².